The zero-order valence-corrected chi connectivity index (χ0v) is 15.8. The van der Waals surface area contributed by atoms with Crippen LogP contribution < -0.4 is 10.1 Å². The summed E-state index contributed by atoms with van der Waals surface area (Å²) in [6.07, 6.45) is 0. The summed E-state index contributed by atoms with van der Waals surface area (Å²) in [5, 5.41) is 2.67. The molecule has 7 heteroatoms. The topological polar surface area (TPSA) is 77.1 Å². The molecule has 1 aliphatic heterocycles. The van der Waals surface area contributed by atoms with Gasteiger partial charge < -0.3 is 19.5 Å². The molecule has 2 aromatic rings. The number of esters is 1. The van der Waals surface area contributed by atoms with E-state index in [2.05, 4.69) is 10.2 Å². The number of carbonyl (C=O) groups is 2. The number of morpholine rings is 1. The number of amides is 1. The lowest BCUT2D eigenvalue weighted by Gasteiger charge is -2.26. The van der Waals surface area contributed by atoms with Crippen molar-refractivity contribution >= 4 is 17.6 Å². The molecular weight excluding hydrogens is 360 g/mol. The van der Waals surface area contributed by atoms with E-state index in [1.807, 2.05) is 12.1 Å². The van der Waals surface area contributed by atoms with Crippen LogP contribution in [0.25, 0.3) is 0 Å². The highest BCUT2D eigenvalue weighted by Crippen LogP contribution is 2.22. The summed E-state index contributed by atoms with van der Waals surface area (Å²) in [4.78, 5) is 26.5. The maximum absolute atomic E-state index is 12.2. The van der Waals surface area contributed by atoms with E-state index in [1.165, 1.54) is 7.11 Å². The molecule has 1 aliphatic rings. The van der Waals surface area contributed by atoms with E-state index in [-0.39, 0.29) is 6.61 Å². The molecule has 1 N–H and O–H groups in total. The molecule has 148 valence electrons. The van der Waals surface area contributed by atoms with Crippen molar-refractivity contribution in [2.75, 3.05) is 45.3 Å². The SMILES string of the molecule is COc1ccccc1NC(=O)COC(=O)c1ccc(CN2CCOCC2)cc1. The van der Waals surface area contributed by atoms with E-state index in [9.17, 15) is 9.59 Å². The number of nitrogens with zero attached hydrogens (tertiary/aromatic N) is 1. The van der Waals surface area contributed by atoms with Gasteiger partial charge in [-0.15, -0.1) is 0 Å². The summed E-state index contributed by atoms with van der Waals surface area (Å²) < 4.78 is 15.6. The second kappa shape index (κ2) is 9.87. The van der Waals surface area contributed by atoms with Gasteiger partial charge in [0.2, 0.25) is 0 Å². The summed E-state index contributed by atoms with van der Waals surface area (Å²) in [7, 11) is 1.52. The zero-order chi connectivity index (χ0) is 19.8. The molecule has 0 aromatic heterocycles. The van der Waals surface area contributed by atoms with Crippen molar-refractivity contribution in [2.45, 2.75) is 6.54 Å². The van der Waals surface area contributed by atoms with Crippen LogP contribution >= 0.6 is 0 Å². The van der Waals surface area contributed by atoms with E-state index in [0.717, 1.165) is 38.4 Å². The summed E-state index contributed by atoms with van der Waals surface area (Å²) >= 11 is 0. The minimum Gasteiger partial charge on any atom is -0.495 e. The van der Waals surface area contributed by atoms with Gasteiger partial charge in [-0.25, -0.2) is 4.79 Å². The molecule has 0 aliphatic carbocycles. The molecule has 3 rings (SSSR count). The van der Waals surface area contributed by atoms with Gasteiger partial charge in [-0.05, 0) is 29.8 Å². The number of carbonyl (C=O) groups excluding carboxylic acids is 2. The highest BCUT2D eigenvalue weighted by atomic mass is 16.5. The van der Waals surface area contributed by atoms with Crippen LogP contribution in [0.2, 0.25) is 0 Å². The molecule has 1 heterocycles. The van der Waals surface area contributed by atoms with Crippen LogP contribution in [0.3, 0.4) is 0 Å². The third-order valence-electron chi connectivity index (χ3n) is 4.41. The quantitative estimate of drug-likeness (QED) is 0.739. The third-order valence-corrected chi connectivity index (χ3v) is 4.41. The number of para-hydroxylation sites is 2. The average Bonchev–Trinajstić information content (AvgIpc) is 2.74. The van der Waals surface area contributed by atoms with Gasteiger partial charge in [0.1, 0.15) is 5.75 Å². The first kappa shape index (κ1) is 19.9. The van der Waals surface area contributed by atoms with Gasteiger partial charge in [-0.2, -0.15) is 0 Å². The Morgan fingerprint density at radius 3 is 2.50 bits per heavy atom. The largest absolute Gasteiger partial charge is 0.495 e. The van der Waals surface area contributed by atoms with Crippen LogP contribution in [0, 0.1) is 0 Å². The van der Waals surface area contributed by atoms with Crippen LogP contribution in [0.15, 0.2) is 48.5 Å². The molecule has 7 nitrogen and oxygen atoms in total. The van der Waals surface area contributed by atoms with Gasteiger partial charge in [-0.3, -0.25) is 9.69 Å². The highest BCUT2D eigenvalue weighted by molar-refractivity contribution is 5.96. The fourth-order valence-electron chi connectivity index (χ4n) is 2.91. The Morgan fingerprint density at radius 1 is 1.07 bits per heavy atom. The standard InChI is InChI=1S/C21H24N2O5/c1-26-19-5-3-2-4-18(19)22-20(24)15-28-21(25)17-8-6-16(7-9-17)14-23-10-12-27-13-11-23/h2-9H,10-15H2,1H3,(H,22,24). The molecule has 1 saturated heterocycles. The zero-order valence-electron chi connectivity index (χ0n) is 15.8. The number of rotatable bonds is 7. The van der Waals surface area contributed by atoms with Gasteiger partial charge >= 0.3 is 5.97 Å². The van der Waals surface area contributed by atoms with Crippen molar-refractivity contribution in [3.63, 3.8) is 0 Å². The summed E-state index contributed by atoms with van der Waals surface area (Å²) in [6, 6.07) is 14.3. The van der Waals surface area contributed by atoms with E-state index >= 15 is 0 Å². The van der Waals surface area contributed by atoms with E-state index in [0.29, 0.717) is 17.0 Å². The normalized spacial score (nSPS) is 14.3. The second-order valence-electron chi connectivity index (χ2n) is 6.41. The van der Waals surface area contributed by atoms with Gasteiger partial charge in [0.25, 0.3) is 5.91 Å². The summed E-state index contributed by atoms with van der Waals surface area (Å²) in [5.74, 6) is -0.423. The molecule has 0 atom stereocenters. The minimum absolute atomic E-state index is 0.369. The van der Waals surface area contributed by atoms with E-state index < -0.39 is 11.9 Å². The Hall–Kier alpha value is -2.90. The van der Waals surface area contributed by atoms with Crippen molar-refractivity contribution in [3.8, 4) is 5.75 Å². The maximum Gasteiger partial charge on any atom is 0.338 e. The summed E-state index contributed by atoms with van der Waals surface area (Å²) in [5.41, 5.74) is 2.06. The third kappa shape index (κ3) is 5.55. The van der Waals surface area contributed by atoms with Gasteiger partial charge in [-0.1, -0.05) is 24.3 Å². The Bertz CT molecular complexity index is 801. The average molecular weight is 384 g/mol. The first-order valence-electron chi connectivity index (χ1n) is 9.15. The lowest BCUT2D eigenvalue weighted by atomic mass is 10.1. The van der Waals surface area contributed by atoms with E-state index in [4.69, 9.17) is 14.2 Å². The molecule has 1 fully saturated rings. The number of ether oxygens (including phenoxy) is 3. The molecule has 0 bridgehead atoms. The molecule has 28 heavy (non-hydrogen) atoms. The van der Waals surface area contributed by atoms with Crippen LogP contribution in [-0.4, -0.2) is 56.8 Å². The number of hydrogen-bond acceptors (Lipinski definition) is 6. The Kier molecular flexibility index (Phi) is 7.00. The monoisotopic (exact) mass is 384 g/mol. The van der Waals surface area contributed by atoms with Crippen molar-refractivity contribution < 1.29 is 23.8 Å². The molecule has 1 amide bonds. The number of nitrogens with one attached hydrogen (secondary N) is 1. The smallest absolute Gasteiger partial charge is 0.338 e. The van der Waals surface area contributed by atoms with E-state index in [1.54, 1.807) is 36.4 Å². The van der Waals surface area contributed by atoms with Crippen LogP contribution in [0.1, 0.15) is 15.9 Å². The van der Waals surface area contributed by atoms with Crippen LogP contribution in [0.5, 0.6) is 5.75 Å². The van der Waals surface area contributed by atoms with Crippen LogP contribution in [-0.2, 0) is 20.8 Å². The fourth-order valence-corrected chi connectivity index (χ4v) is 2.91. The first-order chi connectivity index (χ1) is 13.7. The second-order valence-corrected chi connectivity index (χ2v) is 6.41. The highest BCUT2D eigenvalue weighted by Gasteiger charge is 2.13. The number of benzene rings is 2. The van der Waals surface area contributed by atoms with Crippen molar-refractivity contribution in [3.05, 3.63) is 59.7 Å². The molecule has 0 radical (unpaired) electrons. The fraction of sp³-hybridized carbons (Fsp3) is 0.333. The maximum atomic E-state index is 12.2. The van der Waals surface area contributed by atoms with Gasteiger partial charge in [0, 0.05) is 19.6 Å². The lowest BCUT2D eigenvalue weighted by molar-refractivity contribution is -0.119. The van der Waals surface area contributed by atoms with Crippen molar-refractivity contribution in [2.24, 2.45) is 0 Å². The summed E-state index contributed by atoms with van der Waals surface area (Å²) in [6.45, 7) is 3.77. The van der Waals surface area contributed by atoms with Gasteiger partial charge in [0.05, 0.1) is 31.6 Å². The first-order valence-corrected chi connectivity index (χ1v) is 9.15. The molecule has 0 spiro atoms. The molecule has 0 saturated carbocycles. The molecular formula is C21H24N2O5. The lowest BCUT2D eigenvalue weighted by Crippen LogP contribution is -2.35. The number of hydrogen-bond donors (Lipinski definition) is 1. The Morgan fingerprint density at radius 2 is 1.79 bits per heavy atom. The van der Waals surface area contributed by atoms with Crippen LogP contribution in [0.4, 0.5) is 5.69 Å². The predicted octanol–water partition coefficient (Wildman–Crippen LogP) is 2.32. The number of methoxy groups -OCH3 is 1. The van der Waals surface area contributed by atoms with Crippen molar-refractivity contribution in [1.82, 2.24) is 4.90 Å². The molecule has 0 unspecified atom stereocenters. The molecule has 2 aromatic carbocycles. The van der Waals surface area contributed by atoms with Gasteiger partial charge in [0.15, 0.2) is 6.61 Å². The minimum atomic E-state index is -0.534. The number of anilines is 1. The van der Waals surface area contributed by atoms with Crippen molar-refractivity contribution in [1.29, 1.82) is 0 Å². The predicted molar refractivity (Wildman–Crippen MR) is 104 cm³/mol. The Balaban J connectivity index is 1.48. The Labute approximate surface area is 164 Å².